The van der Waals surface area contributed by atoms with Crippen molar-refractivity contribution in [3.8, 4) is 0 Å². The van der Waals surface area contributed by atoms with Gasteiger partial charge in [0.15, 0.2) is 9.84 Å². The zero-order valence-electron chi connectivity index (χ0n) is 19.9. The largest absolute Gasteiger partial charge is 0.374 e. The topological polar surface area (TPSA) is 97.7 Å². The van der Waals surface area contributed by atoms with Crippen molar-refractivity contribution in [2.75, 3.05) is 18.2 Å². The molecule has 1 saturated carbocycles. The van der Waals surface area contributed by atoms with Crippen LogP contribution in [0.3, 0.4) is 0 Å². The Hall–Kier alpha value is -2.86. The van der Waals surface area contributed by atoms with Crippen LogP contribution in [0.15, 0.2) is 34.2 Å². The SMILES string of the molecule is CS(=O)(=O)c1cc([C@H]2CCCCO2)ccc1Nc1cc(CC(=O)C2CC2(F)F)nc2c1N=C(C(F)F)C2. The molecule has 2 fully saturated rings. The molecule has 0 spiro atoms. The van der Waals surface area contributed by atoms with E-state index in [0.717, 1.165) is 25.5 Å². The summed E-state index contributed by atoms with van der Waals surface area (Å²) in [7, 11) is -3.73. The van der Waals surface area contributed by atoms with E-state index in [2.05, 4.69) is 15.3 Å². The molecule has 1 aromatic heterocycles. The number of carbonyl (C=O) groups is 1. The van der Waals surface area contributed by atoms with E-state index in [4.69, 9.17) is 4.74 Å². The third-order valence-electron chi connectivity index (χ3n) is 6.77. The summed E-state index contributed by atoms with van der Waals surface area (Å²) in [5.41, 5.74) is 1.02. The summed E-state index contributed by atoms with van der Waals surface area (Å²) in [6.45, 7) is 0.584. The van der Waals surface area contributed by atoms with Gasteiger partial charge in [-0.25, -0.2) is 31.0 Å². The molecule has 37 heavy (non-hydrogen) atoms. The number of aromatic nitrogens is 1. The summed E-state index contributed by atoms with van der Waals surface area (Å²) in [6.07, 6.45) is -0.533. The number of sulfone groups is 1. The number of carbonyl (C=O) groups excluding carboxylic acids is 1. The Morgan fingerprint density at radius 2 is 1.97 bits per heavy atom. The molecule has 2 aliphatic heterocycles. The Bertz CT molecular complexity index is 1390. The van der Waals surface area contributed by atoms with Gasteiger partial charge in [0, 0.05) is 32.1 Å². The number of Topliss-reactive ketones (excluding diaryl/α,β-unsaturated/α-hetero) is 1. The highest BCUT2D eigenvalue weighted by atomic mass is 32.2. The van der Waals surface area contributed by atoms with Crippen LogP contribution >= 0.6 is 0 Å². The molecule has 2 aromatic rings. The van der Waals surface area contributed by atoms with Gasteiger partial charge in [-0.2, -0.15) is 0 Å². The van der Waals surface area contributed by atoms with Gasteiger partial charge < -0.3 is 10.1 Å². The highest BCUT2D eigenvalue weighted by molar-refractivity contribution is 7.90. The maximum absolute atomic E-state index is 13.4. The molecule has 5 rings (SSSR count). The molecule has 0 amide bonds. The second-order valence-corrected chi connectivity index (χ2v) is 11.7. The predicted molar refractivity (Wildman–Crippen MR) is 128 cm³/mol. The molecule has 3 heterocycles. The van der Waals surface area contributed by atoms with Crippen LogP contribution in [-0.4, -0.2) is 50.1 Å². The zero-order valence-corrected chi connectivity index (χ0v) is 20.8. The Balaban J connectivity index is 1.51. The van der Waals surface area contributed by atoms with Crippen molar-refractivity contribution in [3.63, 3.8) is 0 Å². The minimum absolute atomic E-state index is 0.0176. The van der Waals surface area contributed by atoms with E-state index >= 15 is 0 Å². The van der Waals surface area contributed by atoms with E-state index in [0.29, 0.717) is 12.2 Å². The number of nitrogens with one attached hydrogen (secondary N) is 1. The molecule has 0 radical (unpaired) electrons. The number of hydrogen-bond donors (Lipinski definition) is 1. The highest BCUT2D eigenvalue weighted by Crippen LogP contribution is 2.49. The number of rotatable bonds is 8. The number of benzene rings is 1. The number of ether oxygens (including phenoxy) is 1. The quantitative estimate of drug-likeness (QED) is 0.467. The van der Waals surface area contributed by atoms with Crippen molar-refractivity contribution in [1.29, 1.82) is 0 Å². The molecule has 3 aliphatic rings. The van der Waals surface area contributed by atoms with Gasteiger partial charge in [-0.15, -0.1) is 0 Å². The lowest BCUT2D eigenvalue weighted by molar-refractivity contribution is -0.121. The van der Waals surface area contributed by atoms with E-state index < -0.39 is 52.4 Å². The van der Waals surface area contributed by atoms with Crippen molar-refractivity contribution < 1.29 is 35.5 Å². The zero-order chi connectivity index (χ0) is 26.5. The van der Waals surface area contributed by atoms with Crippen LogP contribution in [0.1, 0.15) is 48.7 Å². The first-order chi connectivity index (χ1) is 17.4. The monoisotopic (exact) mass is 539 g/mol. The van der Waals surface area contributed by atoms with Crippen molar-refractivity contribution in [1.82, 2.24) is 4.98 Å². The average molecular weight is 540 g/mol. The van der Waals surface area contributed by atoms with Crippen molar-refractivity contribution in [3.05, 3.63) is 41.2 Å². The smallest absolute Gasteiger partial charge is 0.277 e. The Morgan fingerprint density at radius 1 is 1.22 bits per heavy atom. The minimum atomic E-state index is -3.73. The van der Waals surface area contributed by atoms with Crippen molar-refractivity contribution in [2.24, 2.45) is 10.9 Å². The number of alkyl halides is 4. The third-order valence-corrected chi connectivity index (χ3v) is 7.91. The van der Waals surface area contributed by atoms with Crippen LogP contribution in [0.2, 0.25) is 0 Å². The van der Waals surface area contributed by atoms with E-state index in [1.165, 1.54) is 12.1 Å². The summed E-state index contributed by atoms with van der Waals surface area (Å²) in [4.78, 5) is 20.5. The first-order valence-corrected chi connectivity index (χ1v) is 13.8. The summed E-state index contributed by atoms with van der Waals surface area (Å²) in [6, 6.07) is 6.21. The number of aliphatic imine (C=N–C) groups is 1. The summed E-state index contributed by atoms with van der Waals surface area (Å²) in [5.74, 6) is -5.10. The second-order valence-electron chi connectivity index (χ2n) is 9.71. The number of anilines is 2. The van der Waals surface area contributed by atoms with E-state index in [1.54, 1.807) is 12.1 Å². The molecule has 1 aliphatic carbocycles. The number of hydrogen-bond acceptors (Lipinski definition) is 7. The van der Waals surface area contributed by atoms with Gasteiger partial charge in [0.25, 0.3) is 12.3 Å². The number of fused-ring (bicyclic) bond motifs is 1. The Kier molecular flexibility index (Phi) is 6.59. The summed E-state index contributed by atoms with van der Waals surface area (Å²) < 4.78 is 84.7. The average Bonchev–Trinajstić information content (AvgIpc) is 3.27. The molecule has 2 atom stereocenters. The van der Waals surface area contributed by atoms with E-state index in [9.17, 15) is 30.8 Å². The molecule has 1 N–H and O–H groups in total. The van der Waals surface area contributed by atoms with Gasteiger partial charge >= 0.3 is 0 Å². The molecule has 7 nitrogen and oxygen atoms in total. The molecule has 0 bridgehead atoms. The molecule has 12 heteroatoms. The predicted octanol–water partition coefficient (Wildman–Crippen LogP) is 5.13. The van der Waals surface area contributed by atoms with Gasteiger partial charge in [0.05, 0.1) is 45.4 Å². The lowest BCUT2D eigenvalue weighted by atomic mass is 10.0. The number of halogens is 4. The fourth-order valence-electron chi connectivity index (χ4n) is 4.73. The number of pyridine rings is 1. The Morgan fingerprint density at radius 3 is 2.59 bits per heavy atom. The maximum atomic E-state index is 13.4. The molecule has 1 aromatic carbocycles. The maximum Gasteiger partial charge on any atom is 0.277 e. The lowest BCUT2D eigenvalue weighted by Crippen LogP contribution is -2.14. The molecule has 1 saturated heterocycles. The molecule has 1 unspecified atom stereocenters. The van der Waals surface area contributed by atoms with Crippen LogP contribution in [0.4, 0.5) is 34.6 Å². The van der Waals surface area contributed by atoms with Gasteiger partial charge in [0.1, 0.15) is 11.5 Å². The normalized spacial score (nSPS) is 22.5. The third kappa shape index (κ3) is 5.40. The van der Waals surface area contributed by atoms with Gasteiger partial charge in [-0.05, 0) is 43.0 Å². The van der Waals surface area contributed by atoms with E-state index in [1.807, 2.05) is 0 Å². The van der Waals surface area contributed by atoms with Crippen LogP contribution in [-0.2, 0) is 32.2 Å². The van der Waals surface area contributed by atoms with Crippen LogP contribution in [0.5, 0.6) is 0 Å². The van der Waals surface area contributed by atoms with Gasteiger partial charge in [-0.1, -0.05) is 6.07 Å². The van der Waals surface area contributed by atoms with Crippen LogP contribution < -0.4 is 5.32 Å². The van der Waals surface area contributed by atoms with Crippen LogP contribution in [0, 0.1) is 5.92 Å². The number of ketones is 1. The highest BCUT2D eigenvalue weighted by Gasteiger charge is 2.60. The first-order valence-electron chi connectivity index (χ1n) is 11.9. The summed E-state index contributed by atoms with van der Waals surface area (Å²) in [5, 5.41) is 2.97. The van der Waals surface area contributed by atoms with Gasteiger partial charge in [-0.3, -0.25) is 9.78 Å². The van der Waals surface area contributed by atoms with Crippen molar-refractivity contribution >= 4 is 38.4 Å². The fourth-order valence-corrected chi connectivity index (χ4v) is 5.59. The Labute approximate surface area is 211 Å². The standard InChI is InChI=1S/C25H25F4N3O4S/c1-37(34,35)22-8-13(21-4-2-3-7-36-21)5-6-16(22)31-17-9-14(10-20(33)15-12-25(15,28)29)30-18-11-19(24(26)27)32-23(17)18/h5-6,8-9,15,21,24H,2-4,7,10-12H2,1H3,(H,30,31)/t15?,21-/m1/s1. The molecular weight excluding hydrogens is 514 g/mol. The van der Waals surface area contributed by atoms with Gasteiger partial charge in [0.2, 0.25) is 0 Å². The molecular formula is C25H25F4N3O4S. The van der Waals surface area contributed by atoms with E-state index in [-0.39, 0.29) is 45.9 Å². The lowest BCUT2D eigenvalue weighted by Gasteiger charge is -2.24. The molecule has 198 valence electrons. The summed E-state index contributed by atoms with van der Waals surface area (Å²) >= 11 is 0. The first kappa shape index (κ1) is 25.8. The minimum Gasteiger partial charge on any atom is -0.374 e. The van der Waals surface area contributed by atoms with Crippen LogP contribution in [0.25, 0.3) is 0 Å². The second kappa shape index (κ2) is 9.46. The van der Waals surface area contributed by atoms with Crippen molar-refractivity contribution in [2.45, 2.75) is 61.9 Å². The number of nitrogens with zero attached hydrogens (tertiary/aromatic N) is 2. The fraction of sp³-hybridized carbons (Fsp3) is 0.480.